The van der Waals surface area contributed by atoms with Crippen LogP contribution >= 0.6 is 0 Å². The minimum absolute atomic E-state index is 0.0885. The molecule has 0 unspecified atom stereocenters. The predicted octanol–water partition coefficient (Wildman–Crippen LogP) is 2.24. The molecule has 27 heavy (non-hydrogen) atoms. The summed E-state index contributed by atoms with van der Waals surface area (Å²) in [6, 6.07) is 3.13. The van der Waals surface area contributed by atoms with Gasteiger partial charge in [0.05, 0.1) is 5.54 Å². The van der Waals surface area contributed by atoms with E-state index < -0.39 is 11.7 Å². The van der Waals surface area contributed by atoms with Crippen LogP contribution < -0.4 is 5.48 Å². The van der Waals surface area contributed by atoms with Crippen LogP contribution in [-0.2, 0) is 17.8 Å². The Morgan fingerprint density at radius 1 is 1.26 bits per heavy atom. The molecule has 1 saturated carbocycles. The van der Waals surface area contributed by atoms with Gasteiger partial charge in [-0.25, -0.2) is 9.87 Å². The van der Waals surface area contributed by atoms with E-state index in [1.165, 1.54) is 6.07 Å². The number of fused-ring (bicyclic) bond motifs is 1. The van der Waals surface area contributed by atoms with E-state index >= 15 is 0 Å². The molecular formula is C20H26FN3O3. The van der Waals surface area contributed by atoms with Crippen LogP contribution in [0.2, 0.25) is 0 Å². The zero-order valence-corrected chi connectivity index (χ0v) is 15.6. The van der Waals surface area contributed by atoms with E-state index in [9.17, 15) is 14.0 Å². The Labute approximate surface area is 158 Å². The summed E-state index contributed by atoms with van der Waals surface area (Å²) in [7, 11) is 0. The summed E-state index contributed by atoms with van der Waals surface area (Å²) >= 11 is 0. The van der Waals surface area contributed by atoms with Gasteiger partial charge in [0.25, 0.3) is 5.91 Å². The molecule has 1 aromatic carbocycles. The van der Waals surface area contributed by atoms with Crippen molar-refractivity contribution in [1.29, 1.82) is 0 Å². The van der Waals surface area contributed by atoms with Crippen molar-refractivity contribution in [2.45, 2.75) is 63.6 Å². The third kappa shape index (κ3) is 2.93. The summed E-state index contributed by atoms with van der Waals surface area (Å²) in [6.07, 6.45) is 5.94. The number of nitrogens with one attached hydrogen (secondary N) is 1. The van der Waals surface area contributed by atoms with Gasteiger partial charge in [-0.1, -0.05) is 0 Å². The monoisotopic (exact) mass is 375 g/mol. The maximum atomic E-state index is 14.7. The van der Waals surface area contributed by atoms with E-state index in [-0.39, 0.29) is 23.1 Å². The van der Waals surface area contributed by atoms with Crippen LogP contribution in [0.1, 0.15) is 60.5 Å². The lowest BCUT2D eigenvalue weighted by molar-refractivity contribution is -0.153. The molecule has 7 heteroatoms. The van der Waals surface area contributed by atoms with Gasteiger partial charge >= 0.3 is 0 Å². The molecule has 1 aromatic rings. The van der Waals surface area contributed by atoms with Crippen molar-refractivity contribution in [1.82, 2.24) is 15.3 Å². The molecule has 2 heterocycles. The fourth-order valence-electron chi connectivity index (χ4n) is 5.37. The number of hydrogen-bond acceptors (Lipinski definition) is 4. The van der Waals surface area contributed by atoms with Crippen molar-refractivity contribution in [3.05, 3.63) is 34.6 Å². The van der Waals surface area contributed by atoms with E-state index in [2.05, 4.69) is 9.80 Å². The molecule has 1 saturated heterocycles. The zero-order chi connectivity index (χ0) is 19.2. The normalized spacial score (nSPS) is 27.8. The van der Waals surface area contributed by atoms with Gasteiger partial charge in [-0.15, -0.1) is 0 Å². The van der Waals surface area contributed by atoms with Gasteiger partial charge in [0, 0.05) is 43.7 Å². The lowest BCUT2D eigenvalue weighted by Crippen LogP contribution is -2.71. The molecule has 2 fully saturated rings. The maximum Gasteiger partial charge on any atom is 0.274 e. The van der Waals surface area contributed by atoms with Crippen LogP contribution in [0.15, 0.2) is 12.1 Å². The Balaban J connectivity index is 1.58. The number of hydroxylamine groups is 1. The summed E-state index contributed by atoms with van der Waals surface area (Å²) in [5, 5.41) is 8.79. The third-order valence-electron chi connectivity index (χ3n) is 6.75. The number of benzene rings is 1. The van der Waals surface area contributed by atoms with Crippen molar-refractivity contribution in [3.8, 4) is 0 Å². The highest BCUT2D eigenvalue weighted by molar-refractivity contribution is 5.93. The number of piperidine rings is 1. The van der Waals surface area contributed by atoms with E-state index in [1.54, 1.807) is 18.5 Å². The molecule has 4 rings (SSSR count). The molecule has 2 amide bonds. The lowest BCUT2D eigenvalue weighted by atomic mass is 9.64. The van der Waals surface area contributed by atoms with Crippen LogP contribution in [0.4, 0.5) is 4.39 Å². The minimum Gasteiger partial charge on any atom is -0.336 e. The number of hydrogen-bond donors (Lipinski definition) is 2. The molecule has 1 aliphatic carbocycles. The number of halogens is 1. The molecule has 0 bridgehead atoms. The Kier molecular flexibility index (Phi) is 4.68. The molecular weight excluding hydrogens is 349 g/mol. The van der Waals surface area contributed by atoms with Crippen LogP contribution in [0.25, 0.3) is 0 Å². The highest BCUT2D eigenvalue weighted by atomic mass is 19.1. The Morgan fingerprint density at radius 3 is 2.74 bits per heavy atom. The number of carbonyl (C=O) groups excluding carboxylic acids is 2. The molecule has 146 valence electrons. The highest BCUT2D eigenvalue weighted by Crippen LogP contribution is 2.48. The molecule has 2 N–H and O–H groups in total. The quantitative estimate of drug-likeness (QED) is 0.614. The Bertz CT molecular complexity index is 784. The second kappa shape index (κ2) is 6.87. The number of likely N-dealkylation sites (tertiary alicyclic amines) is 1. The number of nitrogens with zero attached hydrogens (tertiary/aromatic N) is 2. The smallest absolute Gasteiger partial charge is 0.274 e. The van der Waals surface area contributed by atoms with Crippen molar-refractivity contribution in [2.24, 2.45) is 0 Å². The molecule has 0 aromatic heterocycles. The SMILES string of the molecule is CC(=O)N1CCCC[C@]12CC[C@H]2N1CCc2cc(C(=O)NO)cc(F)c2C1. The maximum absolute atomic E-state index is 14.7. The van der Waals surface area contributed by atoms with Gasteiger partial charge in [-0.05, 0) is 56.2 Å². The van der Waals surface area contributed by atoms with E-state index in [1.807, 2.05) is 0 Å². The van der Waals surface area contributed by atoms with Gasteiger partial charge in [0.15, 0.2) is 0 Å². The molecule has 6 nitrogen and oxygen atoms in total. The van der Waals surface area contributed by atoms with Crippen molar-refractivity contribution in [3.63, 3.8) is 0 Å². The first kappa shape index (κ1) is 18.4. The molecule has 2 aliphatic heterocycles. The summed E-state index contributed by atoms with van der Waals surface area (Å²) in [6.45, 7) is 3.76. The third-order valence-corrected chi connectivity index (χ3v) is 6.75. The van der Waals surface area contributed by atoms with Crippen LogP contribution in [0, 0.1) is 5.82 Å². The molecule has 0 radical (unpaired) electrons. The average Bonchev–Trinajstić information content (AvgIpc) is 2.66. The number of carbonyl (C=O) groups is 2. The lowest BCUT2D eigenvalue weighted by Gasteiger charge is -2.61. The predicted molar refractivity (Wildman–Crippen MR) is 96.8 cm³/mol. The molecule has 2 atom stereocenters. The first-order valence-electron chi connectivity index (χ1n) is 9.74. The summed E-state index contributed by atoms with van der Waals surface area (Å²) in [5.41, 5.74) is 3.06. The van der Waals surface area contributed by atoms with Gasteiger partial charge in [0.2, 0.25) is 5.91 Å². The van der Waals surface area contributed by atoms with Gasteiger partial charge in [0.1, 0.15) is 5.82 Å². The van der Waals surface area contributed by atoms with Gasteiger partial charge < -0.3 is 4.90 Å². The van der Waals surface area contributed by atoms with Crippen molar-refractivity contribution < 1.29 is 19.2 Å². The fraction of sp³-hybridized carbons (Fsp3) is 0.600. The number of rotatable bonds is 2. The first-order valence-corrected chi connectivity index (χ1v) is 9.74. The van der Waals surface area contributed by atoms with Crippen LogP contribution in [0.5, 0.6) is 0 Å². The first-order chi connectivity index (χ1) is 13.0. The standard InChI is InChI=1S/C20H26FN3O3/c1-13(25)24-8-3-2-6-20(24)7-4-18(20)23-9-5-14-10-15(19(26)22-27)11-17(21)16(14)12-23/h10-11,18,27H,2-9,12H2,1H3,(H,22,26)/t18-,20-/m1/s1. The average molecular weight is 375 g/mol. The Hall–Kier alpha value is -1.99. The summed E-state index contributed by atoms with van der Waals surface area (Å²) < 4.78 is 14.7. The second-order valence-corrected chi connectivity index (χ2v) is 8.04. The Morgan fingerprint density at radius 2 is 2.07 bits per heavy atom. The largest absolute Gasteiger partial charge is 0.336 e. The van der Waals surface area contributed by atoms with Crippen molar-refractivity contribution in [2.75, 3.05) is 13.1 Å². The zero-order valence-electron chi connectivity index (χ0n) is 15.6. The van der Waals surface area contributed by atoms with Crippen molar-refractivity contribution >= 4 is 11.8 Å². The topological polar surface area (TPSA) is 72.9 Å². The minimum atomic E-state index is -0.698. The van der Waals surface area contributed by atoms with E-state index in [4.69, 9.17) is 5.21 Å². The van der Waals surface area contributed by atoms with Gasteiger partial charge in [-0.3, -0.25) is 19.7 Å². The molecule has 3 aliphatic rings. The highest BCUT2D eigenvalue weighted by Gasteiger charge is 2.55. The number of amides is 2. The van der Waals surface area contributed by atoms with Gasteiger partial charge in [-0.2, -0.15) is 0 Å². The van der Waals surface area contributed by atoms with Crippen LogP contribution in [-0.4, -0.2) is 51.5 Å². The van der Waals surface area contributed by atoms with E-state index in [0.717, 1.165) is 50.8 Å². The second-order valence-electron chi connectivity index (χ2n) is 8.04. The summed E-state index contributed by atoms with van der Waals surface area (Å²) in [5.74, 6) is -0.963. The molecule has 1 spiro atoms. The van der Waals surface area contributed by atoms with Crippen LogP contribution in [0.3, 0.4) is 0 Å². The fourth-order valence-corrected chi connectivity index (χ4v) is 5.37. The summed E-state index contributed by atoms with van der Waals surface area (Å²) in [4.78, 5) is 28.2. The van der Waals surface area contributed by atoms with E-state index in [0.29, 0.717) is 18.5 Å².